The molecule has 0 amide bonds. The summed E-state index contributed by atoms with van der Waals surface area (Å²) in [6.07, 6.45) is 19.2. The predicted molar refractivity (Wildman–Crippen MR) is 179 cm³/mol. The van der Waals surface area contributed by atoms with Crippen molar-refractivity contribution in [2.24, 2.45) is 45.8 Å². The second-order valence-electron chi connectivity index (χ2n) is 16.5. The van der Waals surface area contributed by atoms with E-state index in [1.165, 1.54) is 107 Å². The number of aromatic carboxylic acids is 1. The summed E-state index contributed by atoms with van der Waals surface area (Å²) in [6, 6.07) is 7.67. The van der Waals surface area contributed by atoms with Gasteiger partial charge in [0.1, 0.15) is 0 Å². The van der Waals surface area contributed by atoms with Gasteiger partial charge in [-0.1, -0.05) is 64.3 Å². The van der Waals surface area contributed by atoms with Crippen molar-refractivity contribution in [3.05, 3.63) is 41.5 Å². The summed E-state index contributed by atoms with van der Waals surface area (Å²) in [5, 5.41) is 13.7. The van der Waals surface area contributed by atoms with Crippen LogP contribution in [-0.2, 0) is 0 Å². The molecule has 5 heteroatoms. The van der Waals surface area contributed by atoms with Crippen molar-refractivity contribution in [1.82, 2.24) is 9.62 Å². The van der Waals surface area contributed by atoms with Gasteiger partial charge in [-0.2, -0.15) is 0 Å². The molecule has 236 valence electrons. The molecule has 0 spiro atoms. The average Bonchev–Trinajstić information content (AvgIpc) is 3.42. The maximum Gasteiger partial charge on any atom is 0.335 e. The number of hydrogen-bond donors (Lipinski definition) is 2. The minimum absolute atomic E-state index is 0.0830. The fourth-order valence-electron chi connectivity index (χ4n) is 12.7. The van der Waals surface area contributed by atoms with Crippen LogP contribution in [0.15, 0.2) is 30.3 Å². The molecule has 4 nitrogen and oxygen atoms in total. The summed E-state index contributed by atoms with van der Waals surface area (Å²) in [5.41, 5.74) is 4.31. The lowest BCUT2D eigenvalue weighted by molar-refractivity contribution is -0.172. The lowest BCUT2D eigenvalue weighted by atomic mass is 9.37. The quantitative estimate of drug-likeness (QED) is 0.318. The molecule has 0 radical (unpaired) electrons. The molecule has 0 aromatic heterocycles. The SMILES string of the molecule is CC1(C)C(c2ccc(C(=O)O)cc2)=CC[C@@]2(C)C1CC[C@@]1(C)C3CC[C@@]4(NCCN5CCCCS5)CCCC4[C@H]3CCC12. The fraction of sp³-hybridized carbons (Fsp3) is 0.763. The van der Waals surface area contributed by atoms with Crippen molar-refractivity contribution in [1.29, 1.82) is 0 Å². The second kappa shape index (κ2) is 11.2. The van der Waals surface area contributed by atoms with Crippen LogP contribution >= 0.6 is 11.9 Å². The third-order valence-corrected chi connectivity index (χ3v) is 15.6. The van der Waals surface area contributed by atoms with Crippen LogP contribution in [-0.4, -0.2) is 46.3 Å². The summed E-state index contributed by atoms with van der Waals surface area (Å²) in [5.74, 6) is 4.60. The van der Waals surface area contributed by atoms with Gasteiger partial charge >= 0.3 is 5.97 Å². The average molecular weight is 605 g/mol. The minimum atomic E-state index is -0.844. The Morgan fingerprint density at radius 2 is 1.72 bits per heavy atom. The van der Waals surface area contributed by atoms with E-state index in [2.05, 4.69) is 55.3 Å². The molecule has 5 aliphatic carbocycles. The van der Waals surface area contributed by atoms with Crippen molar-refractivity contribution in [3.63, 3.8) is 0 Å². The number of allylic oxidation sites excluding steroid dienone is 2. The molecule has 8 atom stereocenters. The Balaban J connectivity index is 1.10. The molecule has 1 aliphatic heterocycles. The van der Waals surface area contributed by atoms with Crippen molar-refractivity contribution in [3.8, 4) is 0 Å². The van der Waals surface area contributed by atoms with Crippen LogP contribution < -0.4 is 5.32 Å². The van der Waals surface area contributed by atoms with Gasteiger partial charge in [-0.3, -0.25) is 0 Å². The number of nitrogens with one attached hydrogen (secondary N) is 1. The molecule has 4 unspecified atom stereocenters. The van der Waals surface area contributed by atoms with Crippen molar-refractivity contribution >= 4 is 23.5 Å². The number of carboxylic acids is 1. The first-order valence-corrected chi connectivity index (χ1v) is 18.7. The van der Waals surface area contributed by atoms with E-state index >= 15 is 0 Å². The standard InChI is InChI=1S/C38H56N2O2S/c1-35(2)29(26-9-11-27(12-10-26)34(41)42)15-19-37(4)32(35)17-20-36(3)30-16-21-38(39-22-24-40-23-5-6-25-43-40)18-7-8-31(38)28(30)13-14-33(36)37/h9-12,15,28,30-33,39H,5-8,13-14,16-25H2,1-4H3,(H,41,42)/t28-,30?,31?,32?,33?,36-,37-,38-/m0/s1. The van der Waals surface area contributed by atoms with Crippen LogP contribution in [0.25, 0.3) is 5.57 Å². The summed E-state index contributed by atoms with van der Waals surface area (Å²) >= 11 is 2.08. The van der Waals surface area contributed by atoms with Gasteiger partial charge in [0.2, 0.25) is 0 Å². The number of carbonyl (C=O) groups is 1. The van der Waals surface area contributed by atoms with Crippen LogP contribution in [0.2, 0.25) is 0 Å². The van der Waals surface area contributed by atoms with Crippen molar-refractivity contribution in [2.45, 2.75) is 110 Å². The molecule has 0 bridgehead atoms. The van der Waals surface area contributed by atoms with E-state index in [-0.39, 0.29) is 5.41 Å². The summed E-state index contributed by atoms with van der Waals surface area (Å²) in [4.78, 5) is 11.5. The number of nitrogens with zero attached hydrogens (tertiary/aromatic N) is 1. The van der Waals surface area contributed by atoms with E-state index in [0.29, 0.717) is 27.9 Å². The first kappa shape index (κ1) is 30.4. The summed E-state index contributed by atoms with van der Waals surface area (Å²) < 4.78 is 2.63. The third-order valence-electron chi connectivity index (χ3n) is 14.4. The summed E-state index contributed by atoms with van der Waals surface area (Å²) in [7, 11) is 0. The molecule has 5 fully saturated rings. The van der Waals surface area contributed by atoms with Crippen molar-refractivity contribution in [2.75, 3.05) is 25.4 Å². The Labute approximate surface area is 265 Å². The highest BCUT2D eigenvalue weighted by Gasteiger charge is 2.65. The van der Waals surface area contributed by atoms with E-state index in [1.54, 1.807) is 12.1 Å². The molecule has 1 saturated heterocycles. The first-order valence-electron chi connectivity index (χ1n) is 17.8. The number of carboxylic acid groups (broad SMARTS) is 1. The van der Waals surface area contributed by atoms with Crippen LogP contribution in [0.3, 0.4) is 0 Å². The fourth-order valence-corrected chi connectivity index (χ4v) is 13.7. The van der Waals surface area contributed by atoms with Gasteiger partial charge < -0.3 is 10.4 Å². The molecule has 2 N–H and O–H groups in total. The molecule has 4 saturated carbocycles. The van der Waals surface area contributed by atoms with Crippen LogP contribution in [0.1, 0.15) is 121 Å². The number of rotatable bonds is 6. The molecule has 1 aromatic carbocycles. The Hall–Kier alpha value is -1.30. The molecule has 6 aliphatic rings. The number of benzene rings is 1. The van der Waals surface area contributed by atoms with E-state index < -0.39 is 5.97 Å². The van der Waals surface area contributed by atoms with Gasteiger partial charge in [0.05, 0.1) is 5.56 Å². The smallest absolute Gasteiger partial charge is 0.335 e. The third kappa shape index (κ3) is 4.89. The van der Waals surface area contributed by atoms with E-state index in [4.69, 9.17) is 0 Å². The Kier molecular flexibility index (Phi) is 7.90. The zero-order chi connectivity index (χ0) is 30.0. The highest BCUT2D eigenvalue weighted by Crippen LogP contribution is 2.72. The zero-order valence-corrected chi connectivity index (χ0v) is 28.1. The van der Waals surface area contributed by atoms with Crippen LogP contribution in [0.5, 0.6) is 0 Å². The van der Waals surface area contributed by atoms with Gasteiger partial charge in [-0.25, -0.2) is 9.10 Å². The van der Waals surface area contributed by atoms with Crippen molar-refractivity contribution < 1.29 is 9.90 Å². The Bertz CT molecular complexity index is 1240. The molecule has 43 heavy (non-hydrogen) atoms. The minimum Gasteiger partial charge on any atom is -0.478 e. The van der Waals surface area contributed by atoms with E-state index in [1.807, 2.05) is 12.1 Å². The van der Waals surface area contributed by atoms with E-state index in [9.17, 15) is 9.90 Å². The lowest BCUT2D eigenvalue weighted by Crippen LogP contribution is -2.63. The highest BCUT2D eigenvalue weighted by atomic mass is 32.2. The molecular weight excluding hydrogens is 548 g/mol. The Morgan fingerprint density at radius 1 is 0.907 bits per heavy atom. The largest absolute Gasteiger partial charge is 0.478 e. The highest BCUT2D eigenvalue weighted by molar-refractivity contribution is 7.97. The monoisotopic (exact) mass is 604 g/mol. The number of fused-ring (bicyclic) bond motifs is 7. The second-order valence-corrected chi connectivity index (χ2v) is 17.7. The van der Waals surface area contributed by atoms with Gasteiger partial charge in [0.25, 0.3) is 0 Å². The zero-order valence-electron chi connectivity index (χ0n) is 27.3. The topological polar surface area (TPSA) is 52.6 Å². The summed E-state index contributed by atoms with van der Waals surface area (Å²) in [6.45, 7) is 14.0. The lowest BCUT2D eigenvalue weighted by Gasteiger charge is -2.68. The number of hydrogen-bond acceptors (Lipinski definition) is 4. The van der Waals surface area contributed by atoms with Gasteiger partial charge in [0, 0.05) is 30.9 Å². The maximum absolute atomic E-state index is 11.5. The Morgan fingerprint density at radius 3 is 2.47 bits per heavy atom. The van der Waals surface area contributed by atoms with Gasteiger partial charge in [0.15, 0.2) is 0 Å². The molecule has 7 rings (SSSR count). The first-order chi connectivity index (χ1) is 20.6. The van der Waals surface area contributed by atoms with E-state index in [0.717, 1.165) is 30.1 Å². The normalized spacial score (nSPS) is 42.2. The maximum atomic E-state index is 11.5. The molecule has 1 aromatic rings. The molecule has 1 heterocycles. The predicted octanol–water partition coefficient (Wildman–Crippen LogP) is 8.93. The molecular formula is C38H56N2O2S. The van der Waals surface area contributed by atoms with Crippen LogP contribution in [0.4, 0.5) is 0 Å². The van der Waals surface area contributed by atoms with Gasteiger partial charge in [-0.15, -0.1) is 0 Å². The van der Waals surface area contributed by atoms with Gasteiger partial charge in [-0.05, 0) is 140 Å². The van der Waals surface area contributed by atoms with Crippen LogP contribution in [0, 0.1) is 45.8 Å².